The number of hydrogen-bond acceptors (Lipinski definition) is 5. The van der Waals surface area contributed by atoms with E-state index in [1.165, 1.54) is 23.8 Å². The molecule has 4 aliphatic rings. The molecular formula is C27H34N2O3. The normalized spacial score (nSPS) is 29.0. The summed E-state index contributed by atoms with van der Waals surface area (Å²) < 4.78 is 11.0. The van der Waals surface area contributed by atoms with Gasteiger partial charge >= 0.3 is 5.97 Å². The molecule has 3 heterocycles. The second-order valence-corrected chi connectivity index (χ2v) is 9.49. The number of ether oxygens (including phenoxy) is 2. The number of hydrogen-bond donors (Lipinski definition) is 1. The van der Waals surface area contributed by atoms with Crippen molar-refractivity contribution in [3.63, 3.8) is 0 Å². The molecule has 1 aliphatic carbocycles. The van der Waals surface area contributed by atoms with Gasteiger partial charge in [0.25, 0.3) is 0 Å². The molecule has 1 unspecified atom stereocenters. The van der Waals surface area contributed by atoms with Gasteiger partial charge in [0.05, 0.1) is 24.7 Å². The highest BCUT2D eigenvalue weighted by atomic mass is 16.5. The smallest absolute Gasteiger partial charge is 0.336 e. The van der Waals surface area contributed by atoms with Crippen LogP contribution in [0.25, 0.3) is 5.57 Å². The van der Waals surface area contributed by atoms with Crippen LogP contribution in [0.3, 0.4) is 0 Å². The van der Waals surface area contributed by atoms with Crippen molar-refractivity contribution < 1.29 is 14.3 Å². The van der Waals surface area contributed by atoms with Crippen LogP contribution in [0, 0.1) is 5.92 Å². The van der Waals surface area contributed by atoms with Crippen molar-refractivity contribution in [2.24, 2.45) is 5.92 Å². The van der Waals surface area contributed by atoms with Crippen LogP contribution in [-0.2, 0) is 19.7 Å². The molecule has 1 N–H and O–H groups in total. The van der Waals surface area contributed by atoms with Crippen molar-refractivity contribution in [3.8, 4) is 0 Å². The maximum atomic E-state index is 13.1. The van der Waals surface area contributed by atoms with Crippen molar-refractivity contribution in [3.05, 3.63) is 58.8 Å². The maximum Gasteiger partial charge on any atom is 0.336 e. The molecule has 5 rings (SSSR count). The van der Waals surface area contributed by atoms with Crippen LogP contribution >= 0.6 is 0 Å². The van der Waals surface area contributed by atoms with Gasteiger partial charge in [-0.1, -0.05) is 31.2 Å². The predicted octanol–water partition coefficient (Wildman–Crippen LogP) is 4.66. The number of fused-ring (bicyclic) bond motifs is 2. The molecule has 0 aromatic heterocycles. The fraction of sp³-hybridized carbons (Fsp3) is 0.519. The van der Waals surface area contributed by atoms with Crippen LogP contribution in [0.15, 0.2) is 47.7 Å². The lowest BCUT2D eigenvalue weighted by molar-refractivity contribution is -0.137. The largest absolute Gasteiger partial charge is 0.466 e. The SMILES string of the molecule is C=C(CCOCCC)c1ccc2c(c1)[C@]13CCN4C/C(=C/C)C(C[C@H]41)C(C(=O)OC)=C3N2. The Bertz CT molecular complexity index is 1020. The number of benzene rings is 1. The molecule has 1 aromatic carbocycles. The minimum Gasteiger partial charge on any atom is -0.466 e. The number of methoxy groups -OCH3 is 1. The van der Waals surface area contributed by atoms with Crippen molar-refractivity contribution in [2.45, 2.75) is 51.0 Å². The molecule has 0 saturated carbocycles. The Morgan fingerprint density at radius 3 is 2.97 bits per heavy atom. The van der Waals surface area contributed by atoms with Crippen LogP contribution in [-0.4, -0.2) is 50.3 Å². The summed E-state index contributed by atoms with van der Waals surface area (Å²) in [5.74, 6) is -0.0533. The van der Waals surface area contributed by atoms with E-state index in [0.29, 0.717) is 12.6 Å². The first-order chi connectivity index (χ1) is 15.5. The van der Waals surface area contributed by atoms with E-state index in [1.807, 2.05) is 0 Å². The number of rotatable bonds is 7. The number of anilines is 1. The lowest BCUT2D eigenvalue weighted by atomic mass is 9.61. The van der Waals surface area contributed by atoms with Crippen molar-refractivity contribution in [1.82, 2.24) is 4.90 Å². The standard InChI is InChI=1S/C27H34N2O3/c1-5-12-32-13-9-17(3)19-7-8-22-21(14-19)27-10-11-29-16-18(6-2)20(15-23(27)29)24(25(27)28-22)26(30)31-4/h6-8,14,20,23,28H,3,5,9-13,15-16H2,1-2,4H3/b18-6-/t20?,23-,27+/m0/s1. The number of piperidine rings is 1. The van der Waals surface area contributed by atoms with Gasteiger partial charge in [-0.2, -0.15) is 0 Å². The average Bonchev–Trinajstić information content (AvgIpc) is 3.37. The number of esters is 1. The number of nitrogens with zero attached hydrogens (tertiary/aromatic N) is 1. The second kappa shape index (κ2) is 8.20. The van der Waals surface area contributed by atoms with E-state index >= 15 is 0 Å². The van der Waals surface area contributed by atoms with Gasteiger partial charge in [-0.05, 0) is 61.4 Å². The molecule has 0 amide bonds. The van der Waals surface area contributed by atoms with E-state index < -0.39 is 0 Å². The van der Waals surface area contributed by atoms with Gasteiger partial charge in [0.2, 0.25) is 0 Å². The molecule has 3 aliphatic heterocycles. The predicted molar refractivity (Wildman–Crippen MR) is 127 cm³/mol. The Hall–Kier alpha value is -2.37. The molecule has 2 fully saturated rings. The first kappa shape index (κ1) is 21.5. The zero-order valence-electron chi connectivity index (χ0n) is 19.5. The summed E-state index contributed by atoms with van der Waals surface area (Å²) in [6, 6.07) is 7.04. The number of allylic oxidation sites excluding steroid dienone is 1. The summed E-state index contributed by atoms with van der Waals surface area (Å²) in [4.78, 5) is 15.7. The summed E-state index contributed by atoms with van der Waals surface area (Å²) in [6.45, 7) is 12.0. The maximum absolute atomic E-state index is 13.1. The number of nitrogens with one attached hydrogen (secondary N) is 1. The third-order valence-electron chi connectivity index (χ3n) is 8.00. The summed E-state index contributed by atoms with van der Waals surface area (Å²) in [5.41, 5.74) is 7.81. The molecule has 5 heteroatoms. The molecule has 3 atom stereocenters. The fourth-order valence-corrected chi connectivity index (χ4v) is 6.46. The minimum absolute atomic E-state index is 0.141. The van der Waals surface area contributed by atoms with Gasteiger partial charge in [0.15, 0.2) is 0 Å². The molecule has 32 heavy (non-hydrogen) atoms. The van der Waals surface area contributed by atoms with Gasteiger partial charge in [-0.25, -0.2) is 4.79 Å². The fourth-order valence-electron chi connectivity index (χ4n) is 6.46. The van der Waals surface area contributed by atoms with Gasteiger partial charge in [0.1, 0.15) is 0 Å². The Morgan fingerprint density at radius 1 is 1.38 bits per heavy atom. The number of carbonyl (C=O) groups excluding carboxylic acids is 1. The van der Waals surface area contributed by atoms with Crippen molar-refractivity contribution in [1.29, 1.82) is 0 Å². The van der Waals surface area contributed by atoms with Crippen LogP contribution in [0.2, 0.25) is 0 Å². The molecule has 2 saturated heterocycles. The molecule has 2 bridgehead atoms. The third kappa shape index (κ3) is 3.01. The molecule has 170 valence electrons. The van der Waals surface area contributed by atoms with Gasteiger partial charge < -0.3 is 14.8 Å². The molecule has 1 aromatic rings. The molecular weight excluding hydrogens is 400 g/mol. The second-order valence-electron chi connectivity index (χ2n) is 9.49. The van der Waals surface area contributed by atoms with E-state index in [2.05, 4.69) is 54.9 Å². The molecule has 0 radical (unpaired) electrons. The van der Waals surface area contributed by atoms with Gasteiger partial charge in [-0.15, -0.1) is 0 Å². The zero-order chi connectivity index (χ0) is 22.5. The van der Waals surface area contributed by atoms with Gasteiger partial charge in [0, 0.05) is 43.0 Å². The number of carbonyl (C=O) groups is 1. The topological polar surface area (TPSA) is 50.8 Å². The van der Waals surface area contributed by atoms with Crippen molar-refractivity contribution >= 4 is 17.2 Å². The van der Waals surface area contributed by atoms with Crippen LogP contribution in [0.4, 0.5) is 5.69 Å². The van der Waals surface area contributed by atoms with Gasteiger partial charge in [-0.3, -0.25) is 4.90 Å². The Kier molecular flexibility index (Phi) is 5.50. The van der Waals surface area contributed by atoms with E-state index in [0.717, 1.165) is 67.9 Å². The molecule has 5 nitrogen and oxygen atoms in total. The first-order valence-electron chi connectivity index (χ1n) is 11.9. The zero-order valence-corrected chi connectivity index (χ0v) is 19.5. The third-order valence-corrected chi connectivity index (χ3v) is 8.00. The lowest BCUT2D eigenvalue weighted by Crippen LogP contribution is -2.53. The summed E-state index contributed by atoms with van der Waals surface area (Å²) in [6.07, 6.45) is 6.06. The average molecular weight is 435 g/mol. The Morgan fingerprint density at radius 2 is 2.22 bits per heavy atom. The minimum atomic E-state index is -0.194. The summed E-state index contributed by atoms with van der Waals surface area (Å²) in [7, 11) is 1.50. The van der Waals surface area contributed by atoms with E-state index in [4.69, 9.17) is 9.47 Å². The highest BCUT2D eigenvalue weighted by molar-refractivity contribution is 5.94. The first-order valence-corrected chi connectivity index (χ1v) is 11.9. The van der Waals surface area contributed by atoms with Crippen LogP contribution in [0.5, 0.6) is 0 Å². The highest BCUT2D eigenvalue weighted by Crippen LogP contribution is 2.61. The van der Waals surface area contributed by atoms with E-state index in [-0.39, 0.29) is 17.3 Å². The quantitative estimate of drug-likeness (QED) is 0.384. The highest BCUT2D eigenvalue weighted by Gasteiger charge is 2.62. The van der Waals surface area contributed by atoms with E-state index in [1.54, 1.807) is 0 Å². The van der Waals surface area contributed by atoms with Crippen LogP contribution in [0.1, 0.15) is 50.7 Å². The lowest BCUT2D eigenvalue weighted by Gasteiger charge is -2.48. The molecule has 1 spiro atoms. The Balaban J connectivity index is 1.58. The van der Waals surface area contributed by atoms with Crippen LogP contribution < -0.4 is 5.32 Å². The summed E-state index contributed by atoms with van der Waals surface area (Å²) >= 11 is 0. The van der Waals surface area contributed by atoms with Crippen molar-refractivity contribution in [2.75, 3.05) is 38.7 Å². The summed E-state index contributed by atoms with van der Waals surface area (Å²) in [5, 5.41) is 3.69. The Labute approximate surface area is 191 Å². The van der Waals surface area contributed by atoms with E-state index in [9.17, 15) is 4.79 Å². The monoisotopic (exact) mass is 434 g/mol.